The van der Waals surface area contributed by atoms with Crippen molar-refractivity contribution in [3.8, 4) is 5.69 Å². The number of hydrogen-bond donors (Lipinski definition) is 1. The molecule has 0 bridgehead atoms. The summed E-state index contributed by atoms with van der Waals surface area (Å²) in [6, 6.07) is 14.0. The summed E-state index contributed by atoms with van der Waals surface area (Å²) in [5, 5.41) is 7.58. The highest BCUT2D eigenvalue weighted by Gasteiger charge is 2.30. The van der Waals surface area contributed by atoms with Crippen molar-refractivity contribution < 1.29 is 18.0 Å². The lowest BCUT2D eigenvalue weighted by molar-refractivity contribution is -0.137. The summed E-state index contributed by atoms with van der Waals surface area (Å²) < 4.78 is 40.0. The third-order valence-electron chi connectivity index (χ3n) is 5.35. The molecular weight excluding hydrogens is 427 g/mol. The largest absolute Gasteiger partial charge is 0.416 e. The Labute approximate surface area is 192 Å². The maximum Gasteiger partial charge on any atom is 0.416 e. The molecule has 33 heavy (non-hydrogen) atoms. The monoisotopic (exact) mass is 457 g/mol. The average molecular weight is 458 g/mol. The highest BCUT2D eigenvalue weighted by atomic mass is 19.4. The normalized spacial score (nSPS) is 12.6. The molecule has 0 fully saturated rings. The van der Waals surface area contributed by atoms with E-state index in [-0.39, 0.29) is 23.3 Å². The molecule has 0 unspecified atom stereocenters. The molecular formula is C26H30F3N3O. The zero-order valence-electron chi connectivity index (χ0n) is 19.8. The number of rotatable bonds is 4. The maximum absolute atomic E-state index is 12.7. The van der Waals surface area contributed by atoms with Crippen LogP contribution in [0.25, 0.3) is 5.69 Å². The summed E-state index contributed by atoms with van der Waals surface area (Å²) >= 11 is 0. The summed E-state index contributed by atoms with van der Waals surface area (Å²) in [5.74, 6) is -0.298. The van der Waals surface area contributed by atoms with Crippen LogP contribution in [0.3, 0.4) is 0 Å². The highest BCUT2D eigenvalue weighted by molar-refractivity contribution is 5.94. The molecule has 0 aliphatic carbocycles. The molecule has 0 spiro atoms. The molecule has 4 nitrogen and oxygen atoms in total. The predicted octanol–water partition coefficient (Wildman–Crippen LogP) is 6.42. The SMILES string of the molecule is CC(C)(C)c1cc(C(C)(C)C)n(-c2ccc(C(=O)NCc3ccc(C(F)(F)F)cc3)cc2)n1. The Morgan fingerprint density at radius 2 is 1.45 bits per heavy atom. The van der Waals surface area contributed by atoms with E-state index in [1.165, 1.54) is 12.1 Å². The lowest BCUT2D eigenvalue weighted by atomic mass is 9.88. The van der Waals surface area contributed by atoms with Gasteiger partial charge in [0.25, 0.3) is 5.91 Å². The van der Waals surface area contributed by atoms with Crippen molar-refractivity contribution in [2.75, 3.05) is 0 Å². The van der Waals surface area contributed by atoms with E-state index >= 15 is 0 Å². The van der Waals surface area contributed by atoms with Crippen LogP contribution in [0.5, 0.6) is 0 Å². The molecule has 0 atom stereocenters. The van der Waals surface area contributed by atoms with Gasteiger partial charge in [-0.15, -0.1) is 0 Å². The van der Waals surface area contributed by atoms with Crippen LogP contribution in [0.2, 0.25) is 0 Å². The first-order chi connectivity index (χ1) is 15.2. The fraction of sp³-hybridized carbons (Fsp3) is 0.385. The molecule has 1 amide bonds. The quantitative estimate of drug-likeness (QED) is 0.492. The number of halogens is 3. The molecule has 0 aliphatic rings. The third kappa shape index (κ3) is 5.83. The topological polar surface area (TPSA) is 46.9 Å². The van der Waals surface area contributed by atoms with E-state index in [1.807, 2.05) is 16.8 Å². The second kappa shape index (κ2) is 8.69. The fourth-order valence-electron chi connectivity index (χ4n) is 3.33. The van der Waals surface area contributed by atoms with Crippen LogP contribution in [0, 0.1) is 0 Å². The van der Waals surface area contributed by atoms with E-state index < -0.39 is 11.7 Å². The van der Waals surface area contributed by atoms with Crippen molar-refractivity contribution in [3.63, 3.8) is 0 Å². The van der Waals surface area contributed by atoms with Crippen molar-refractivity contribution >= 4 is 5.91 Å². The van der Waals surface area contributed by atoms with Gasteiger partial charge in [-0.05, 0) is 48.0 Å². The summed E-state index contributed by atoms with van der Waals surface area (Å²) in [4.78, 5) is 12.5. The first-order valence-electron chi connectivity index (χ1n) is 10.8. The highest BCUT2D eigenvalue weighted by Crippen LogP contribution is 2.31. The zero-order chi connectivity index (χ0) is 24.6. The number of hydrogen-bond acceptors (Lipinski definition) is 2. The summed E-state index contributed by atoms with van der Waals surface area (Å²) in [5.41, 5.74) is 3.06. The fourth-order valence-corrected chi connectivity index (χ4v) is 3.33. The van der Waals surface area contributed by atoms with Gasteiger partial charge >= 0.3 is 6.18 Å². The number of nitrogens with zero attached hydrogens (tertiary/aromatic N) is 2. The van der Waals surface area contributed by atoms with E-state index in [4.69, 9.17) is 5.10 Å². The van der Waals surface area contributed by atoms with Crippen LogP contribution < -0.4 is 5.32 Å². The third-order valence-corrected chi connectivity index (χ3v) is 5.35. The number of carbonyl (C=O) groups is 1. The average Bonchev–Trinajstić information content (AvgIpc) is 3.18. The Morgan fingerprint density at radius 3 is 1.94 bits per heavy atom. The first-order valence-corrected chi connectivity index (χ1v) is 10.8. The molecule has 0 saturated carbocycles. The molecule has 3 rings (SSSR count). The molecule has 1 N–H and O–H groups in total. The van der Waals surface area contributed by atoms with E-state index in [1.54, 1.807) is 12.1 Å². The number of amides is 1. The molecule has 1 heterocycles. The Hall–Kier alpha value is -3.09. The molecule has 7 heteroatoms. The molecule has 176 valence electrons. The minimum atomic E-state index is -4.38. The standard InChI is InChI=1S/C26H30F3N3O/c1-24(2,3)21-15-22(25(4,5)6)32(31-21)20-13-9-18(10-14-20)23(33)30-16-17-7-11-19(12-8-17)26(27,28)29/h7-15H,16H2,1-6H3,(H,30,33). The molecule has 0 aliphatic heterocycles. The van der Waals surface area contributed by atoms with Crippen LogP contribution in [0.15, 0.2) is 54.6 Å². The number of aromatic nitrogens is 2. The number of carbonyl (C=O) groups excluding carboxylic acids is 1. The minimum Gasteiger partial charge on any atom is -0.348 e. The van der Waals surface area contributed by atoms with Gasteiger partial charge in [-0.2, -0.15) is 18.3 Å². The van der Waals surface area contributed by atoms with E-state index in [9.17, 15) is 18.0 Å². The lowest BCUT2D eigenvalue weighted by Gasteiger charge is -2.20. The number of benzene rings is 2. The van der Waals surface area contributed by atoms with Crippen molar-refractivity contribution in [1.82, 2.24) is 15.1 Å². The lowest BCUT2D eigenvalue weighted by Crippen LogP contribution is -2.23. The Bertz CT molecular complexity index is 1110. The predicted molar refractivity (Wildman–Crippen MR) is 124 cm³/mol. The van der Waals surface area contributed by atoms with Gasteiger partial charge in [0.15, 0.2) is 0 Å². The molecule has 1 aromatic heterocycles. The van der Waals surface area contributed by atoms with Gasteiger partial charge in [-0.1, -0.05) is 53.7 Å². The molecule has 0 radical (unpaired) electrons. The molecule has 3 aromatic rings. The maximum atomic E-state index is 12.7. The second-order valence-electron chi connectivity index (χ2n) is 10.3. The summed E-state index contributed by atoms with van der Waals surface area (Å²) in [7, 11) is 0. The minimum absolute atomic E-state index is 0.0939. The van der Waals surface area contributed by atoms with E-state index in [0.717, 1.165) is 29.2 Å². The second-order valence-corrected chi connectivity index (χ2v) is 10.3. The smallest absolute Gasteiger partial charge is 0.348 e. The summed E-state index contributed by atoms with van der Waals surface area (Å²) in [6.07, 6.45) is -4.38. The van der Waals surface area contributed by atoms with Crippen molar-refractivity contribution in [2.24, 2.45) is 0 Å². The Morgan fingerprint density at radius 1 is 0.879 bits per heavy atom. The van der Waals surface area contributed by atoms with Gasteiger partial charge in [-0.25, -0.2) is 4.68 Å². The Balaban J connectivity index is 1.75. The van der Waals surface area contributed by atoms with Crippen LogP contribution >= 0.6 is 0 Å². The van der Waals surface area contributed by atoms with E-state index in [2.05, 4.69) is 52.9 Å². The van der Waals surface area contributed by atoms with Gasteiger partial charge in [0, 0.05) is 28.6 Å². The van der Waals surface area contributed by atoms with Gasteiger partial charge in [0.05, 0.1) is 16.9 Å². The van der Waals surface area contributed by atoms with E-state index in [0.29, 0.717) is 11.1 Å². The van der Waals surface area contributed by atoms with Crippen LogP contribution in [0.4, 0.5) is 13.2 Å². The van der Waals surface area contributed by atoms with Crippen molar-refractivity contribution in [3.05, 3.63) is 82.7 Å². The zero-order valence-corrected chi connectivity index (χ0v) is 19.8. The van der Waals surface area contributed by atoms with Crippen LogP contribution in [-0.2, 0) is 23.6 Å². The number of alkyl halides is 3. The number of nitrogens with one attached hydrogen (secondary N) is 1. The molecule has 0 saturated heterocycles. The Kier molecular flexibility index (Phi) is 6.46. The van der Waals surface area contributed by atoms with Crippen molar-refractivity contribution in [1.29, 1.82) is 0 Å². The van der Waals surface area contributed by atoms with Gasteiger partial charge < -0.3 is 5.32 Å². The van der Waals surface area contributed by atoms with Crippen LogP contribution in [-0.4, -0.2) is 15.7 Å². The summed E-state index contributed by atoms with van der Waals surface area (Å²) in [6.45, 7) is 12.9. The first kappa shape index (κ1) is 24.6. The van der Waals surface area contributed by atoms with Gasteiger partial charge in [0.1, 0.15) is 0 Å². The van der Waals surface area contributed by atoms with Crippen molar-refractivity contribution in [2.45, 2.75) is 65.1 Å². The van der Waals surface area contributed by atoms with Gasteiger partial charge in [-0.3, -0.25) is 4.79 Å². The van der Waals surface area contributed by atoms with Gasteiger partial charge in [0.2, 0.25) is 0 Å². The molecule has 2 aromatic carbocycles. The van der Waals surface area contributed by atoms with Crippen LogP contribution in [0.1, 0.15) is 74.4 Å².